The van der Waals surface area contributed by atoms with Gasteiger partial charge in [0.05, 0.1) is 13.1 Å². The number of thioether (sulfide) groups is 1. The number of carbonyl (C=O) groups excluding carboxylic acids is 3. The molecule has 0 bridgehead atoms. The van der Waals surface area contributed by atoms with Crippen LogP contribution in [-0.4, -0.2) is 88.6 Å². The maximum Gasteiger partial charge on any atom is 0.334 e. The van der Waals surface area contributed by atoms with Crippen molar-refractivity contribution < 1.29 is 18.8 Å². The average molecular weight is 514 g/mol. The Balaban J connectivity index is 1.54. The predicted octanol–water partition coefficient (Wildman–Crippen LogP) is 2.56. The van der Waals surface area contributed by atoms with E-state index < -0.39 is 12.2 Å². The second kappa shape index (κ2) is 11.7. The Morgan fingerprint density at radius 2 is 1.81 bits per heavy atom. The molecule has 0 aliphatic carbocycles. The Morgan fingerprint density at radius 1 is 1.08 bits per heavy atom. The first-order chi connectivity index (χ1) is 17.4. The van der Waals surface area contributed by atoms with Gasteiger partial charge in [-0.15, -0.1) is 0 Å². The summed E-state index contributed by atoms with van der Waals surface area (Å²) < 4.78 is 13.2. The van der Waals surface area contributed by atoms with Gasteiger partial charge in [-0.1, -0.05) is 42.5 Å². The van der Waals surface area contributed by atoms with E-state index in [4.69, 9.17) is 0 Å². The number of fused-ring (bicyclic) bond motifs is 1. The fourth-order valence-corrected chi connectivity index (χ4v) is 5.24. The van der Waals surface area contributed by atoms with Crippen LogP contribution in [0.1, 0.15) is 17.5 Å². The lowest BCUT2D eigenvalue weighted by molar-refractivity contribution is -0.187. The number of piperazine rings is 1. The lowest BCUT2D eigenvalue weighted by Crippen LogP contribution is -2.76. The molecule has 0 spiro atoms. The van der Waals surface area contributed by atoms with Gasteiger partial charge in [-0.2, -0.15) is 11.8 Å². The molecule has 2 aliphatic rings. The highest BCUT2D eigenvalue weighted by Gasteiger charge is 2.50. The van der Waals surface area contributed by atoms with Crippen LogP contribution in [0.25, 0.3) is 0 Å². The van der Waals surface area contributed by atoms with E-state index in [9.17, 15) is 18.8 Å². The average Bonchev–Trinajstić information content (AvgIpc) is 2.87. The quantitative estimate of drug-likeness (QED) is 0.587. The fraction of sp³-hybridized carbons (Fsp3) is 0.423. The van der Waals surface area contributed by atoms with Gasteiger partial charge in [-0.25, -0.2) is 19.2 Å². The zero-order valence-corrected chi connectivity index (χ0v) is 21.4. The number of hydrogen-bond donors (Lipinski definition) is 1. The van der Waals surface area contributed by atoms with E-state index in [0.29, 0.717) is 19.4 Å². The maximum atomic E-state index is 13.5. The van der Waals surface area contributed by atoms with Gasteiger partial charge in [0.2, 0.25) is 11.8 Å². The third-order valence-corrected chi connectivity index (χ3v) is 7.26. The Kier molecular flexibility index (Phi) is 8.48. The molecule has 4 rings (SSSR count). The molecule has 192 valence electrons. The molecule has 2 aromatic carbocycles. The Hall–Kier alpha value is -3.11. The van der Waals surface area contributed by atoms with Crippen LogP contribution in [-0.2, 0) is 22.6 Å². The van der Waals surface area contributed by atoms with Gasteiger partial charge in [0.1, 0.15) is 18.0 Å². The molecule has 2 heterocycles. The molecule has 2 atom stereocenters. The Morgan fingerprint density at radius 3 is 2.50 bits per heavy atom. The van der Waals surface area contributed by atoms with Crippen LogP contribution in [0.4, 0.5) is 9.18 Å². The first-order valence-corrected chi connectivity index (χ1v) is 13.4. The molecule has 1 unspecified atom stereocenters. The highest BCUT2D eigenvalue weighted by atomic mass is 32.2. The van der Waals surface area contributed by atoms with Crippen LogP contribution in [0, 0.1) is 5.82 Å². The summed E-state index contributed by atoms with van der Waals surface area (Å²) >= 11 is 1.63. The number of hydrogen-bond acceptors (Lipinski definition) is 5. The highest BCUT2D eigenvalue weighted by Crippen LogP contribution is 2.28. The van der Waals surface area contributed by atoms with Gasteiger partial charge in [0.25, 0.3) is 0 Å². The SMILES string of the molecule is CSCC[C@H]1C(=O)N(CCc2ccccc2)CC2N1C(=O)CN(C)N2C(=O)NCc1ccc(F)cc1. The molecule has 2 saturated heterocycles. The minimum absolute atomic E-state index is 0.00747. The van der Waals surface area contributed by atoms with E-state index in [1.807, 2.05) is 36.6 Å². The van der Waals surface area contributed by atoms with Crippen LogP contribution in [0.3, 0.4) is 0 Å². The minimum Gasteiger partial charge on any atom is -0.337 e. The summed E-state index contributed by atoms with van der Waals surface area (Å²) in [4.78, 5) is 43.4. The Labute approximate surface area is 215 Å². The predicted molar refractivity (Wildman–Crippen MR) is 137 cm³/mol. The molecule has 2 fully saturated rings. The van der Waals surface area contributed by atoms with Gasteiger partial charge in [0, 0.05) is 20.1 Å². The van der Waals surface area contributed by atoms with Crippen LogP contribution in [0.2, 0.25) is 0 Å². The molecule has 1 N–H and O–H groups in total. The first kappa shape index (κ1) is 26.0. The summed E-state index contributed by atoms with van der Waals surface area (Å²) in [6.07, 6.45) is 2.58. The van der Waals surface area contributed by atoms with Gasteiger partial charge in [0.15, 0.2) is 0 Å². The molecule has 0 aromatic heterocycles. The highest BCUT2D eigenvalue weighted by molar-refractivity contribution is 7.98. The molecule has 36 heavy (non-hydrogen) atoms. The van der Waals surface area contributed by atoms with Crippen LogP contribution in [0.15, 0.2) is 54.6 Å². The van der Waals surface area contributed by atoms with Gasteiger partial charge < -0.3 is 15.1 Å². The smallest absolute Gasteiger partial charge is 0.334 e. The molecule has 8 nitrogen and oxygen atoms in total. The van der Waals surface area contributed by atoms with E-state index in [1.54, 1.807) is 50.8 Å². The summed E-state index contributed by atoms with van der Waals surface area (Å²) in [6.45, 7) is 0.970. The van der Waals surface area contributed by atoms with Crippen molar-refractivity contribution in [1.29, 1.82) is 0 Å². The van der Waals surface area contributed by atoms with Crippen molar-refractivity contribution in [2.45, 2.75) is 31.6 Å². The standard InChI is InChI=1S/C26H32FN5O3S/c1-29-18-24(33)31-22(13-15-36-2)25(34)30(14-12-19-6-4-3-5-7-19)17-23(31)32(29)26(35)28-16-20-8-10-21(27)11-9-20/h3-11,22-23H,12-18H2,1-2H3,(H,28,35)/t22-,23?/m0/s1. The van der Waals surface area contributed by atoms with Crippen molar-refractivity contribution in [1.82, 2.24) is 25.1 Å². The van der Waals surface area contributed by atoms with Crippen molar-refractivity contribution in [2.24, 2.45) is 0 Å². The number of likely N-dealkylation sites (N-methyl/N-ethyl adjacent to an activating group) is 1. The molecule has 0 saturated carbocycles. The topological polar surface area (TPSA) is 76.2 Å². The molecule has 2 aromatic rings. The fourth-order valence-electron chi connectivity index (χ4n) is 4.78. The van der Waals surface area contributed by atoms with E-state index in [2.05, 4.69) is 5.32 Å². The summed E-state index contributed by atoms with van der Waals surface area (Å²) in [5, 5.41) is 6.04. The third-order valence-electron chi connectivity index (χ3n) is 6.61. The lowest BCUT2D eigenvalue weighted by Gasteiger charge is -2.54. The number of nitrogens with one attached hydrogen (secondary N) is 1. The van der Waals surface area contributed by atoms with Crippen molar-refractivity contribution in [2.75, 3.05) is 38.7 Å². The summed E-state index contributed by atoms with van der Waals surface area (Å²) in [5.41, 5.74) is 1.89. The molecular weight excluding hydrogens is 481 g/mol. The number of halogens is 1. The van der Waals surface area contributed by atoms with E-state index >= 15 is 0 Å². The maximum absolute atomic E-state index is 13.5. The second-order valence-corrected chi connectivity index (χ2v) is 10.0. The zero-order valence-electron chi connectivity index (χ0n) is 20.6. The van der Waals surface area contributed by atoms with Crippen LogP contribution < -0.4 is 5.32 Å². The van der Waals surface area contributed by atoms with Crippen molar-refractivity contribution in [3.8, 4) is 0 Å². The van der Waals surface area contributed by atoms with Gasteiger partial charge >= 0.3 is 6.03 Å². The van der Waals surface area contributed by atoms with E-state index in [0.717, 1.165) is 16.9 Å². The van der Waals surface area contributed by atoms with E-state index in [1.165, 1.54) is 12.1 Å². The van der Waals surface area contributed by atoms with Crippen LogP contribution in [0.5, 0.6) is 0 Å². The number of rotatable bonds is 8. The number of amides is 4. The largest absolute Gasteiger partial charge is 0.337 e. The van der Waals surface area contributed by atoms with Crippen molar-refractivity contribution in [3.05, 3.63) is 71.5 Å². The Bertz CT molecular complexity index is 1070. The van der Waals surface area contributed by atoms with E-state index in [-0.39, 0.29) is 43.3 Å². The van der Waals surface area contributed by atoms with Crippen LogP contribution >= 0.6 is 11.8 Å². The lowest BCUT2D eigenvalue weighted by atomic mass is 10.0. The number of carbonyl (C=O) groups is 3. The monoisotopic (exact) mass is 513 g/mol. The number of nitrogens with zero attached hydrogens (tertiary/aromatic N) is 4. The normalized spacial score (nSPS) is 20.5. The molecular formula is C26H32FN5O3S. The summed E-state index contributed by atoms with van der Waals surface area (Å²) in [6, 6.07) is 14.9. The first-order valence-electron chi connectivity index (χ1n) is 12.0. The third kappa shape index (κ3) is 5.82. The van der Waals surface area contributed by atoms with Crippen molar-refractivity contribution >= 4 is 29.6 Å². The minimum atomic E-state index is -0.611. The number of urea groups is 1. The zero-order chi connectivity index (χ0) is 25.7. The molecule has 4 amide bonds. The number of hydrazine groups is 1. The van der Waals surface area contributed by atoms with Gasteiger partial charge in [-0.3, -0.25) is 9.59 Å². The molecule has 10 heteroatoms. The number of benzene rings is 2. The summed E-state index contributed by atoms with van der Waals surface area (Å²) in [5.74, 6) is 0.160. The molecule has 0 radical (unpaired) electrons. The molecule has 2 aliphatic heterocycles. The van der Waals surface area contributed by atoms with Crippen molar-refractivity contribution in [3.63, 3.8) is 0 Å². The second-order valence-electron chi connectivity index (χ2n) is 9.04. The summed E-state index contributed by atoms with van der Waals surface area (Å²) in [7, 11) is 1.70. The van der Waals surface area contributed by atoms with Gasteiger partial charge in [-0.05, 0) is 48.1 Å².